The number of rotatable bonds is 3. The van der Waals surface area contributed by atoms with E-state index < -0.39 is 5.63 Å². The van der Waals surface area contributed by atoms with Gasteiger partial charge < -0.3 is 4.42 Å². The highest BCUT2D eigenvalue weighted by Crippen LogP contribution is 2.25. The van der Waals surface area contributed by atoms with Gasteiger partial charge in [-0.15, -0.1) is 10.2 Å². The van der Waals surface area contributed by atoms with Crippen molar-refractivity contribution < 1.29 is 4.42 Å². The summed E-state index contributed by atoms with van der Waals surface area (Å²) < 4.78 is 6.25. The molecule has 6 nitrogen and oxygen atoms in total. The zero-order chi connectivity index (χ0) is 18.3. The molecule has 0 saturated heterocycles. The number of benzene rings is 2. The predicted octanol–water partition coefficient (Wildman–Crippen LogP) is 4.22. The Bertz CT molecular complexity index is 1170. The standard InChI is InChI=1S/C18H12BrClN4O2/c1-10-6-16-14(8-15(10)20)12(7-17(25)26-16)9-24-22-18(21-23-24)11-2-4-13(19)5-3-11/h2-8H,9H2,1H3. The van der Waals surface area contributed by atoms with E-state index in [0.29, 0.717) is 16.4 Å². The molecule has 26 heavy (non-hydrogen) atoms. The Hall–Kier alpha value is -2.51. The molecule has 0 N–H and O–H groups in total. The van der Waals surface area contributed by atoms with Gasteiger partial charge in [-0.05, 0) is 59.7 Å². The first-order valence-corrected chi connectivity index (χ1v) is 8.93. The maximum atomic E-state index is 11.9. The largest absolute Gasteiger partial charge is 0.423 e. The molecule has 4 aromatic rings. The molecule has 0 spiro atoms. The summed E-state index contributed by atoms with van der Waals surface area (Å²) in [6.07, 6.45) is 0. The molecule has 2 aromatic carbocycles. The molecule has 0 aliphatic heterocycles. The lowest BCUT2D eigenvalue weighted by atomic mass is 10.1. The summed E-state index contributed by atoms with van der Waals surface area (Å²) in [6.45, 7) is 2.14. The van der Waals surface area contributed by atoms with Crippen molar-refractivity contribution in [3.63, 3.8) is 0 Å². The van der Waals surface area contributed by atoms with E-state index >= 15 is 0 Å². The number of hydrogen-bond donors (Lipinski definition) is 0. The van der Waals surface area contributed by atoms with E-state index in [1.807, 2.05) is 31.2 Å². The zero-order valence-electron chi connectivity index (χ0n) is 13.6. The molecule has 4 rings (SSSR count). The molecular formula is C18H12BrClN4O2. The third kappa shape index (κ3) is 3.27. The second-order valence-electron chi connectivity index (χ2n) is 5.84. The minimum Gasteiger partial charge on any atom is -0.423 e. The molecule has 8 heteroatoms. The van der Waals surface area contributed by atoms with Crippen LogP contribution in [0.25, 0.3) is 22.4 Å². The number of halogens is 2. The van der Waals surface area contributed by atoms with E-state index in [1.54, 1.807) is 12.1 Å². The molecule has 2 aromatic heterocycles. The minimum atomic E-state index is -0.428. The number of aryl methyl sites for hydroxylation is 1. The summed E-state index contributed by atoms with van der Waals surface area (Å²) >= 11 is 9.62. The maximum absolute atomic E-state index is 11.9. The molecule has 0 fully saturated rings. The van der Waals surface area contributed by atoms with Crippen LogP contribution in [-0.2, 0) is 6.54 Å². The van der Waals surface area contributed by atoms with Crippen LogP contribution in [0.2, 0.25) is 5.02 Å². The maximum Gasteiger partial charge on any atom is 0.336 e. The number of hydrogen-bond acceptors (Lipinski definition) is 5. The summed E-state index contributed by atoms with van der Waals surface area (Å²) in [4.78, 5) is 13.3. The van der Waals surface area contributed by atoms with Gasteiger partial charge in [0.05, 0.1) is 6.54 Å². The van der Waals surface area contributed by atoms with Crippen molar-refractivity contribution in [3.8, 4) is 11.4 Å². The number of fused-ring (bicyclic) bond motifs is 1. The Morgan fingerprint density at radius 3 is 2.73 bits per heavy atom. The van der Waals surface area contributed by atoms with Crippen LogP contribution in [0, 0.1) is 6.92 Å². The first-order valence-electron chi connectivity index (χ1n) is 7.76. The molecule has 0 atom stereocenters. The van der Waals surface area contributed by atoms with E-state index in [0.717, 1.165) is 26.5 Å². The first-order chi connectivity index (χ1) is 12.5. The third-order valence-electron chi connectivity index (χ3n) is 3.98. The Labute approximate surface area is 161 Å². The van der Waals surface area contributed by atoms with Crippen LogP contribution in [0.4, 0.5) is 0 Å². The van der Waals surface area contributed by atoms with E-state index in [-0.39, 0.29) is 6.54 Å². The highest BCUT2D eigenvalue weighted by Gasteiger charge is 2.12. The van der Waals surface area contributed by atoms with E-state index in [1.165, 1.54) is 10.9 Å². The molecule has 0 aliphatic carbocycles. The Balaban J connectivity index is 1.73. The summed E-state index contributed by atoms with van der Waals surface area (Å²) in [7, 11) is 0. The lowest BCUT2D eigenvalue weighted by Crippen LogP contribution is -2.08. The number of tetrazole rings is 1. The van der Waals surface area contributed by atoms with Crippen LogP contribution in [0.1, 0.15) is 11.1 Å². The van der Waals surface area contributed by atoms with Gasteiger partial charge >= 0.3 is 5.63 Å². The highest BCUT2D eigenvalue weighted by atomic mass is 79.9. The van der Waals surface area contributed by atoms with Gasteiger partial charge in [0.25, 0.3) is 0 Å². The molecule has 2 heterocycles. The van der Waals surface area contributed by atoms with Crippen LogP contribution in [0.5, 0.6) is 0 Å². The van der Waals surface area contributed by atoms with Crippen molar-refractivity contribution in [2.45, 2.75) is 13.5 Å². The lowest BCUT2D eigenvalue weighted by Gasteiger charge is -2.06. The second kappa shape index (κ2) is 6.66. The minimum absolute atomic E-state index is 0.283. The monoisotopic (exact) mass is 430 g/mol. The number of nitrogens with zero attached hydrogens (tertiary/aromatic N) is 4. The Morgan fingerprint density at radius 1 is 1.19 bits per heavy atom. The van der Waals surface area contributed by atoms with Crippen molar-refractivity contribution in [1.82, 2.24) is 20.2 Å². The van der Waals surface area contributed by atoms with Crippen LogP contribution in [0.3, 0.4) is 0 Å². The third-order valence-corrected chi connectivity index (χ3v) is 4.91. The fourth-order valence-electron chi connectivity index (χ4n) is 2.66. The molecule has 0 saturated carbocycles. The molecule has 0 aliphatic rings. The second-order valence-corrected chi connectivity index (χ2v) is 7.16. The molecule has 0 unspecified atom stereocenters. The van der Waals surface area contributed by atoms with E-state index in [4.69, 9.17) is 16.0 Å². The van der Waals surface area contributed by atoms with Gasteiger partial charge in [-0.2, -0.15) is 4.80 Å². The summed E-state index contributed by atoms with van der Waals surface area (Å²) in [6, 6.07) is 12.6. The molecule has 0 amide bonds. The van der Waals surface area contributed by atoms with Crippen molar-refractivity contribution >= 4 is 38.5 Å². The topological polar surface area (TPSA) is 73.8 Å². The average molecular weight is 432 g/mol. The first kappa shape index (κ1) is 16.9. The van der Waals surface area contributed by atoms with Crippen molar-refractivity contribution in [2.75, 3.05) is 0 Å². The SMILES string of the molecule is Cc1cc2oc(=O)cc(Cn3nnc(-c4ccc(Br)cc4)n3)c2cc1Cl. The van der Waals surface area contributed by atoms with Gasteiger partial charge in [0.1, 0.15) is 5.58 Å². The highest BCUT2D eigenvalue weighted by molar-refractivity contribution is 9.10. The van der Waals surface area contributed by atoms with Gasteiger partial charge in [-0.3, -0.25) is 0 Å². The molecule has 0 bridgehead atoms. The lowest BCUT2D eigenvalue weighted by molar-refractivity contribution is 0.545. The van der Waals surface area contributed by atoms with Gasteiger partial charge in [-0.25, -0.2) is 4.79 Å². The van der Waals surface area contributed by atoms with Gasteiger partial charge in [-0.1, -0.05) is 27.5 Å². The van der Waals surface area contributed by atoms with Crippen LogP contribution < -0.4 is 5.63 Å². The van der Waals surface area contributed by atoms with Gasteiger partial charge in [0.15, 0.2) is 0 Å². The van der Waals surface area contributed by atoms with Gasteiger partial charge in [0, 0.05) is 26.5 Å². The molecule has 130 valence electrons. The predicted molar refractivity (Wildman–Crippen MR) is 102 cm³/mol. The summed E-state index contributed by atoms with van der Waals surface area (Å²) in [5.74, 6) is 0.513. The normalized spacial score (nSPS) is 11.2. The van der Waals surface area contributed by atoms with Crippen LogP contribution in [0.15, 0.2) is 56.1 Å². The van der Waals surface area contributed by atoms with Crippen molar-refractivity contribution in [1.29, 1.82) is 0 Å². The van der Waals surface area contributed by atoms with Crippen LogP contribution in [-0.4, -0.2) is 20.2 Å². The Morgan fingerprint density at radius 2 is 1.96 bits per heavy atom. The zero-order valence-corrected chi connectivity index (χ0v) is 16.0. The average Bonchev–Trinajstić information content (AvgIpc) is 3.06. The summed E-state index contributed by atoms with van der Waals surface area (Å²) in [5, 5.41) is 13.9. The van der Waals surface area contributed by atoms with Crippen molar-refractivity contribution in [3.05, 3.63) is 73.5 Å². The van der Waals surface area contributed by atoms with Gasteiger partial charge in [0.2, 0.25) is 5.82 Å². The fourth-order valence-corrected chi connectivity index (χ4v) is 3.08. The fraction of sp³-hybridized carbons (Fsp3) is 0.111. The smallest absolute Gasteiger partial charge is 0.336 e. The number of aromatic nitrogens is 4. The van der Waals surface area contributed by atoms with E-state index in [9.17, 15) is 4.79 Å². The Kier molecular flexibility index (Phi) is 4.34. The van der Waals surface area contributed by atoms with Crippen LogP contribution >= 0.6 is 27.5 Å². The van der Waals surface area contributed by atoms with E-state index in [2.05, 4.69) is 31.3 Å². The van der Waals surface area contributed by atoms with Crippen molar-refractivity contribution in [2.24, 2.45) is 0 Å². The summed E-state index contributed by atoms with van der Waals surface area (Å²) in [5.41, 5.74) is 2.48. The quantitative estimate of drug-likeness (QED) is 0.454. The molecular weight excluding hydrogens is 420 g/mol. The molecule has 0 radical (unpaired) electrons.